The Bertz CT molecular complexity index is 1020. The SMILES string of the molecule is N#CC(=Cc1ccc(OCc2ccc(Cl)cc2)c(Br)c1)c1ccccc1Cl. The first-order valence-corrected chi connectivity index (χ1v) is 9.65. The van der Waals surface area contributed by atoms with Gasteiger partial charge in [0.15, 0.2) is 0 Å². The van der Waals surface area contributed by atoms with Crippen LogP contribution in [0.2, 0.25) is 10.0 Å². The van der Waals surface area contributed by atoms with E-state index in [2.05, 4.69) is 22.0 Å². The van der Waals surface area contributed by atoms with Crippen LogP contribution in [0.3, 0.4) is 0 Å². The molecule has 0 spiro atoms. The molecule has 0 unspecified atom stereocenters. The standard InChI is InChI=1S/C22H14BrCl2NO/c23-20-12-16(11-17(13-26)19-3-1-2-4-21(19)25)7-10-22(20)27-14-15-5-8-18(24)9-6-15/h1-12H,14H2. The molecule has 0 radical (unpaired) electrons. The second-order valence-corrected chi connectivity index (χ2v) is 7.45. The van der Waals surface area contributed by atoms with Crippen LogP contribution >= 0.6 is 39.1 Å². The Morgan fingerprint density at radius 1 is 1.04 bits per heavy atom. The minimum atomic E-state index is 0.439. The zero-order chi connectivity index (χ0) is 19.2. The summed E-state index contributed by atoms with van der Waals surface area (Å²) in [5.74, 6) is 0.721. The molecular formula is C22H14BrCl2NO. The number of rotatable bonds is 5. The molecule has 0 aromatic heterocycles. The maximum atomic E-state index is 9.50. The molecule has 0 aliphatic heterocycles. The molecule has 27 heavy (non-hydrogen) atoms. The van der Waals surface area contributed by atoms with Gasteiger partial charge in [0.1, 0.15) is 12.4 Å². The summed E-state index contributed by atoms with van der Waals surface area (Å²) in [6.07, 6.45) is 1.80. The first kappa shape index (κ1) is 19.5. The van der Waals surface area contributed by atoms with Crippen LogP contribution < -0.4 is 4.74 Å². The predicted molar refractivity (Wildman–Crippen MR) is 115 cm³/mol. The largest absolute Gasteiger partial charge is 0.488 e. The maximum Gasteiger partial charge on any atom is 0.134 e. The van der Waals surface area contributed by atoms with Crippen molar-refractivity contribution in [2.45, 2.75) is 6.61 Å². The van der Waals surface area contributed by atoms with E-state index in [9.17, 15) is 5.26 Å². The fraction of sp³-hybridized carbons (Fsp3) is 0.0455. The zero-order valence-corrected chi connectivity index (χ0v) is 17.2. The number of nitrogens with zero attached hydrogens (tertiary/aromatic N) is 1. The van der Waals surface area contributed by atoms with E-state index in [-0.39, 0.29) is 0 Å². The van der Waals surface area contributed by atoms with Crippen molar-refractivity contribution >= 4 is 50.8 Å². The molecule has 0 saturated carbocycles. The lowest BCUT2D eigenvalue weighted by Crippen LogP contribution is -1.96. The average Bonchev–Trinajstić information content (AvgIpc) is 2.67. The molecule has 0 saturated heterocycles. The fourth-order valence-corrected chi connectivity index (χ4v) is 3.36. The molecule has 0 atom stereocenters. The number of benzene rings is 3. The molecule has 0 bridgehead atoms. The maximum absolute atomic E-state index is 9.50. The van der Waals surface area contributed by atoms with E-state index < -0.39 is 0 Å². The number of allylic oxidation sites excluding steroid dienone is 1. The third kappa shape index (κ3) is 5.14. The van der Waals surface area contributed by atoms with Crippen LogP contribution in [-0.4, -0.2) is 0 Å². The van der Waals surface area contributed by atoms with Gasteiger partial charge < -0.3 is 4.74 Å². The average molecular weight is 459 g/mol. The lowest BCUT2D eigenvalue weighted by molar-refractivity contribution is 0.304. The molecule has 0 N–H and O–H groups in total. The lowest BCUT2D eigenvalue weighted by atomic mass is 10.0. The first-order chi connectivity index (χ1) is 13.1. The zero-order valence-electron chi connectivity index (χ0n) is 14.1. The van der Waals surface area contributed by atoms with Crippen molar-refractivity contribution in [2.24, 2.45) is 0 Å². The van der Waals surface area contributed by atoms with Crippen LogP contribution in [0.15, 0.2) is 71.2 Å². The highest BCUT2D eigenvalue weighted by Crippen LogP contribution is 2.30. The number of hydrogen-bond acceptors (Lipinski definition) is 2. The monoisotopic (exact) mass is 457 g/mol. The second-order valence-electron chi connectivity index (χ2n) is 5.75. The van der Waals surface area contributed by atoms with Crippen molar-refractivity contribution < 1.29 is 4.74 Å². The second kappa shape index (κ2) is 9.10. The number of hydrogen-bond donors (Lipinski definition) is 0. The van der Waals surface area contributed by atoms with Crippen molar-refractivity contribution in [3.63, 3.8) is 0 Å². The molecule has 0 aliphatic carbocycles. The smallest absolute Gasteiger partial charge is 0.134 e. The van der Waals surface area contributed by atoms with Gasteiger partial charge in [0.25, 0.3) is 0 Å². The van der Waals surface area contributed by atoms with E-state index in [4.69, 9.17) is 27.9 Å². The Morgan fingerprint density at radius 2 is 1.78 bits per heavy atom. The summed E-state index contributed by atoms with van der Waals surface area (Å²) in [5.41, 5.74) is 3.11. The number of ether oxygens (including phenoxy) is 1. The van der Waals surface area contributed by atoms with Gasteiger partial charge in [-0.1, -0.05) is 59.6 Å². The van der Waals surface area contributed by atoms with E-state index in [1.165, 1.54) is 0 Å². The van der Waals surface area contributed by atoms with E-state index in [0.717, 1.165) is 21.3 Å². The van der Waals surface area contributed by atoms with Crippen LogP contribution in [0, 0.1) is 11.3 Å². The predicted octanol–water partition coefficient (Wildman–Crippen LogP) is 7.40. The van der Waals surface area contributed by atoms with Crippen LogP contribution in [-0.2, 0) is 6.61 Å². The molecule has 3 aromatic rings. The fourth-order valence-electron chi connectivity index (χ4n) is 2.48. The van der Waals surface area contributed by atoms with Gasteiger partial charge in [0, 0.05) is 15.6 Å². The van der Waals surface area contributed by atoms with E-state index in [1.54, 1.807) is 12.1 Å². The highest BCUT2D eigenvalue weighted by molar-refractivity contribution is 9.10. The number of halogens is 3. The summed E-state index contributed by atoms with van der Waals surface area (Å²) in [6, 6.07) is 22.7. The van der Waals surface area contributed by atoms with Crippen LogP contribution in [0.1, 0.15) is 16.7 Å². The minimum absolute atomic E-state index is 0.439. The minimum Gasteiger partial charge on any atom is -0.488 e. The Kier molecular flexibility index (Phi) is 6.58. The third-order valence-corrected chi connectivity index (χ3v) is 5.06. The quantitative estimate of drug-likeness (QED) is 0.294. The molecule has 0 aliphatic rings. The summed E-state index contributed by atoms with van der Waals surface area (Å²) in [6.45, 7) is 0.439. The van der Waals surface area contributed by atoms with Gasteiger partial charge in [-0.3, -0.25) is 0 Å². The molecule has 0 amide bonds. The summed E-state index contributed by atoms with van der Waals surface area (Å²) >= 11 is 15.6. The van der Waals surface area contributed by atoms with Gasteiger partial charge in [0.05, 0.1) is 16.1 Å². The van der Waals surface area contributed by atoms with Crippen LogP contribution in [0.25, 0.3) is 11.6 Å². The Labute approximate surface area is 176 Å². The highest BCUT2D eigenvalue weighted by atomic mass is 79.9. The van der Waals surface area contributed by atoms with E-state index in [1.807, 2.05) is 60.7 Å². The first-order valence-electron chi connectivity index (χ1n) is 8.10. The lowest BCUT2D eigenvalue weighted by Gasteiger charge is -2.09. The Morgan fingerprint density at radius 3 is 2.44 bits per heavy atom. The Hall–Kier alpha value is -2.25. The molecule has 5 heteroatoms. The summed E-state index contributed by atoms with van der Waals surface area (Å²) in [4.78, 5) is 0. The van der Waals surface area contributed by atoms with Gasteiger partial charge >= 0.3 is 0 Å². The van der Waals surface area contributed by atoms with Gasteiger partial charge in [-0.15, -0.1) is 0 Å². The topological polar surface area (TPSA) is 33.0 Å². The van der Waals surface area contributed by atoms with Crippen LogP contribution in [0.4, 0.5) is 0 Å². The van der Waals surface area contributed by atoms with E-state index in [0.29, 0.717) is 27.8 Å². The molecule has 3 aromatic carbocycles. The summed E-state index contributed by atoms with van der Waals surface area (Å²) in [7, 11) is 0. The third-order valence-electron chi connectivity index (χ3n) is 3.86. The number of nitriles is 1. The molecular weight excluding hydrogens is 445 g/mol. The van der Waals surface area contributed by atoms with Crippen molar-refractivity contribution in [1.82, 2.24) is 0 Å². The van der Waals surface area contributed by atoms with Gasteiger partial charge in [0.2, 0.25) is 0 Å². The molecule has 2 nitrogen and oxygen atoms in total. The molecule has 0 heterocycles. The van der Waals surface area contributed by atoms with Crippen molar-refractivity contribution in [3.8, 4) is 11.8 Å². The summed E-state index contributed by atoms with van der Waals surface area (Å²) in [5, 5.41) is 10.7. The van der Waals surface area contributed by atoms with Gasteiger partial charge in [-0.05, 0) is 63.5 Å². The molecule has 0 fully saturated rings. The van der Waals surface area contributed by atoms with Gasteiger partial charge in [-0.2, -0.15) is 5.26 Å². The normalized spacial score (nSPS) is 11.1. The van der Waals surface area contributed by atoms with Gasteiger partial charge in [-0.25, -0.2) is 0 Å². The molecule has 3 rings (SSSR count). The highest BCUT2D eigenvalue weighted by Gasteiger charge is 2.07. The Balaban J connectivity index is 1.78. The van der Waals surface area contributed by atoms with Crippen molar-refractivity contribution in [1.29, 1.82) is 5.26 Å². The van der Waals surface area contributed by atoms with Crippen molar-refractivity contribution in [3.05, 3.63) is 97.9 Å². The van der Waals surface area contributed by atoms with Crippen molar-refractivity contribution in [2.75, 3.05) is 0 Å². The van der Waals surface area contributed by atoms with E-state index >= 15 is 0 Å². The van der Waals surface area contributed by atoms with Crippen LogP contribution in [0.5, 0.6) is 5.75 Å². The molecule has 134 valence electrons. The summed E-state index contributed by atoms with van der Waals surface area (Å²) < 4.78 is 6.66.